The molecule has 0 aliphatic rings. The number of nitrogens with two attached hydrogens (primary N) is 1. The lowest BCUT2D eigenvalue weighted by molar-refractivity contribution is 0.347. The average Bonchev–Trinajstić information content (AvgIpc) is 2.66. The van der Waals surface area contributed by atoms with Crippen molar-refractivity contribution >= 4 is 29.9 Å². The highest BCUT2D eigenvalue weighted by Gasteiger charge is 2.11. The lowest BCUT2D eigenvalue weighted by atomic mass is 10.1. The predicted molar refractivity (Wildman–Crippen MR) is 115 cm³/mol. The quantitative estimate of drug-likeness (QED) is 0.352. The van der Waals surface area contributed by atoms with Gasteiger partial charge in [-0.25, -0.2) is 4.99 Å². The SMILES string of the molecule is COc1cc(OC)c(OC)cc1CN=C(N)NCCc1ccccc1.I. The molecule has 0 aliphatic carbocycles. The van der Waals surface area contributed by atoms with Gasteiger partial charge in [0.15, 0.2) is 17.5 Å². The molecule has 7 heteroatoms. The summed E-state index contributed by atoms with van der Waals surface area (Å²) in [5.74, 6) is 2.32. The van der Waals surface area contributed by atoms with Crippen LogP contribution in [0.2, 0.25) is 0 Å². The first-order chi connectivity index (χ1) is 12.2. The maximum Gasteiger partial charge on any atom is 0.188 e. The number of hydrogen-bond acceptors (Lipinski definition) is 4. The normalized spacial score (nSPS) is 10.7. The van der Waals surface area contributed by atoms with Crippen LogP contribution in [0.15, 0.2) is 47.5 Å². The van der Waals surface area contributed by atoms with Crippen molar-refractivity contribution in [3.63, 3.8) is 0 Å². The summed E-state index contributed by atoms with van der Waals surface area (Å²) in [5.41, 5.74) is 8.07. The number of ether oxygens (including phenoxy) is 3. The van der Waals surface area contributed by atoms with Crippen LogP contribution in [0.5, 0.6) is 17.2 Å². The fourth-order valence-electron chi connectivity index (χ4n) is 2.42. The first kappa shape index (κ1) is 21.9. The van der Waals surface area contributed by atoms with E-state index in [9.17, 15) is 0 Å². The number of benzene rings is 2. The van der Waals surface area contributed by atoms with Crippen molar-refractivity contribution < 1.29 is 14.2 Å². The largest absolute Gasteiger partial charge is 0.496 e. The Bertz CT molecular complexity index is 709. The number of nitrogens with one attached hydrogen (secondary N) is 1. The van der Waals surface area contributed by atoms with Crippen LogP contribution in [0.3, 0.4) is 0 Å². The Balaban J connectivity index is 0.00000338. The number of aliphatic imine (C=N–C) groups is 1. The van der Waals surface area contributed by atoms with Gasteiger partial charge in [-0.2, -0.15) is 0 Å². The van der Waals surface area contributed by atoms with Gasteiger partial charge in [0.2, 0.25) is 0 Å². The molecule has 0 aliphatic heterocycles. The standard InChI is InChI=1S/C19H25N3O3.HI/c1-23-16-12-18(25-3)17(24-2)11-15(16)13-22-19(20)21-10-9-14-7-5-4-6-8-14;/h4-8,11-12H,9-10,13H2,1-3H3,(H3,20,21,22);1H. The smallest absolute Gasteiger partial charge is 0.188 e. The third-order valence-electron chi connectivity index (χ3n) is 3.77. The first-order valence-electron chi connectivity index (χ1n) is 8.04. The van der Waals surface area contributed by atoms with Crippen LogP contribution in [-0.2, 0) is 13.0 Å². The Morgan fingerprint density at radius 1 is 0.962 bits per heavy atom. The summed E-state index contributed by atoms with van der Waals surface area (Å²) < 4.78 is 16.0. The van der Waals surface area contributed by atoms with E-state index in [0.29, 0.717) is 29.8 Å². The minimum Gasteiger partial charge on any atom is -0.496 e. The maximum absolute atomic E-state index is 5.95. The molecule has 2 aromatic carbocycles. The summed E-state index contributed by atoms with van der Waals surface area (Å²) in [4.78, 5) is 4.37. The van der Waals surface area contributed by atoms with Gasteiger partial charge >= 0.3 is 0 Å². The Labute approximate surface area is 171 Å². The van der Waals surface area contributed by atoms with E-state index in [-0.39, 0.29) is 24.0 Å². The van der Waals surface area contributed by atoms with E-state index >= 15 is 0 Å². The zero-order valence-electron chi connectivity index (χ0n) is 15.3. The molecule has 0 aromatic heterocycles. The molecular weight excluding hydrogens is 445 g/mol. The molecule has 2 aromatic rings. The van der Waals surface area contributed by atoms with Crippen molar-refractivity contribution in [1.82, 2.24) is 5.32 Å². The lowest BCUT2D eigenvalue weighted by Crippen LogP contribution is -2.33. The van der Waals surface area contributed by atoms with Gasteiger partial charge in [-0.1, -0.05) is 30.3 Å². The second kappa shape index (κ2) is 11.5. The molecule has 0 atom stereocenters. The van der Waals surface area contributed by atoms with Crippen LogP contribution < -0.4 is 25.3 Å². The summed E-state index contributed by atoms with van der Waals surface area (Å²) in [6.45, 7) is 1.11. The van der Waals surface area contributed by atoms with E-state index in [1.54, 1.807) is 27.4 Å². The highest BCUT2D eigenvalue weighted by molar-refractivity contribution is 14.0. The van der Waals surface area contributed by atoms with Crippen molar-refractivity contribution in [2.75, 3.05) is 27.9 Å². The van der Waals surface area contributed by atoms with Gasteiger partial charge in [0, 0.05) is 18.2 Å². The highest BCUT2D eigenvalue weighted by Crippen LogP contribution is 2.34. The molecule has 142 valence electrons. The molecule has 0 fully saturated rings. The lowest BCUT2D eigenvalue weighted by Gasteiger charge is -2.13. The molecule has 3 N–H and O–H groups in total. The van der Waals surface area contributed by atoms with Gasteiger partial charge in [-0.15, -0.1) is 24.0 Å². The van der Waals surface area contributed by atoms with E-state index in [1.165, 1.54) is 5.56 Å². The number of hydrogen-bond donors (Lipinski definition) is 2. The van der Waals surface area contributed by atoms with Crippen LogP contribution in [0.4, 0.5) is 0 Å². The summed E-state index contributed by atoms with van der Waals surface area (Å²) in [6.07, 6.45) is 0.886. The molecule has 26 heavy (non-hydrogen) atoms. The molecule has 0 bridgehead atoms. The van der Waals surface area contributed by atoms with Crippen LogP contribution in [0.25, 0.3) is 0 Å². The van der Waals surface area contributed by atoms with Crippen LogP contribution in [0.1, 0.15) is 11.1 Å². The van der Waals surface area contributed by atoms with Gasteiger partial charge in [0.1, 0.15) is 5.75 Å². The number of rotatable bonds is 8. The van der Waals surface area contributed by atoms with Crippen molar-refractivity contribution in [2.45, 2.75) is 13.0 Å². The number of nitrogens with zero attached hydrogens (tertiary/aromatic N) is 1. The van der Waals surface area contributed by atoms with Crippen molar-refractivity contribution in [2.24, 2.45) is 10.7 Å². The van der Waals surface area contributed by atoms with Gasteiger partial charge in [-0.05, 0) is 18.1 Å². The van der Waals surface area contributed by atoms with E-state index in [2.05, 4.69) is 22.4 Å². The molecule has 0 saturated heterocycles. The molecule has 0 amide bonds. The molecule has 0 spiro atoms. The maximum atomic E-state index is 5.95. The molecule has 0 radical (unpaired) electrons. The van der Waals surface area contributed by atoms with Crippen LogP contribution in [0, 0.1) is 0 Å². The second-order valence-corrected chi connectivity index (χ2v) is 5.38. The second-order valence-electron chi connectivity index (χ2n) is 5.38. The zero-order valence-corrected chi connectivity index (χ0v) is 17.7. The molecule has 0 unspecified atom stereocenters. The number of methoxy groups -OCH3 is 3. The Hall–Kier alpha value is -2.16. The van der Waals surface area contributed by atoms with E-state index in [0.717, 1.165) is 18.5 Å². The minimum atomic E-state index is 0. The molecule has 0 saturated carbocycles. The van der Waals surface area contributed by atoms with Gasteiger partial charge in [0.25, 0.3) is 0 Å². The summed E-state index contributed by atoms with van der Waals surface area (Å²) >= 11 is 0. The van der Waals surface area contributed by atoms with Crippen LogP contribution >= 0.6 is 24.0 Å². The van der Waals surface area contributed by atoms with Crippen molar-refractivity contribution in [1.29, 1.82) is 0 Å². The first-order valence-corrected chi connectivity index (χ1v) is 8.04. The van der Waals surface area contributed by atoms with E-state index in [1.807, 2.05) is 24.3 Å². The summed E-state index contributed by atoms with van der Waals surface area (Å²) in [7, 11) is 4.79. The molecule has 6 nitrogen and oxygen atoms in total. The zero-order chi connectivity index (χ0) is 18.1. The van der Waals surface area contributed by atoms with E-state index < -0.39 is 0 Å². The van der Waals surface area contributed by atoms with Gasteiger partial charge in [-0.3, -0.25) is 0 Å². The monoisotopic (exact) mass is 471 g/mol. The number of guanidine groups is 1. The Morgan fingerprint density at radius 2 is 1.58 bits per heavy atom. The Kier molecular flexibility index (Phi) is 9.64. The van der Waals surface area contributed by atoms with Crippen molar-refractivity contribution in [3.8, 4) is 17.2 Å². The number of halogens is 1. The topological polar surface area (TPSA) is 78.1 Å². The summed E-state index contributed by atoms with van der Waals surface area (Å²) in [6, 6.07) is 13.9. The van der Waals surface area contributed by atoms with Crippen LogP contribution in [-0.4, -0.2) is 33.8 Å². The van der Waals surface area contributed by atoms with E-state index in [4.69, 9.17) is 19.9 Å². The van der Waals surface area contributed by atoms with Gasteiger partial charge in [0.05, 0.1) is 27.9 Å². The minimum absolute atomic E-state index is 0. The molecule has 0 heterocycles. The van der Waals surface area contributed by atoms with Crippen molar-refractivity contribution in [3.05, 3.63) is 53.6 Å². The summed E-state index contributed by atoms with van der Waals surface area (Å²) in [5, 5.41) is 3.12. The fourth-order valence-corrected chi connectivity index (χ4v) is 2.42. The Morgan fingerprint density at radius 3 is 2.19 bits per heavy atom. The third kappa shape index (κ3) is 6.29. The average molecular weight is 471 g/mol. The van der Waals surface area contributed by atoms with Gasteiger partial charge < -0.3 is 25.3 Å². The third-order valence-corrected chi connectivity index (χ3v) is 3.77. The fraction of sp³-hybridized carbons (Fsp3) is 0.316. The highest BCUT2D eigenvalue weighted by atomic mass is 127. The molecule has 2 rings (SSSR count). The predicted octanol–water partition coefficient (Wildman–Crippen LogP) is 2.98. The molecular formula is C19H26IN3O3.